The number of unbranched alkanes of at least 4 members (excludes halogenated alkanes) is 15. The molecule has 0 aliphatic heterocycles. The van der Waals surface area contributed by atoms with Crippen molar-refractivity contribution in [1.82, 2.24) is 0 Å². The number of hydrogen-bond acceptors (Lipinski definition) is 12. The van der Waals surface area contributed by atoms with Gasteiger partial charge in [-0.1, -0.05) is 164 Å². The Balaban J connectivity index is 2.51. The third-order valence-electron chi connectivity index (χ3n) is 10.4. The van der Waals surface area contributed by atoms with E-state index in [0.717, 1.165) is 51.4 Å². The van der Waals surface area contributed by atoms with Crippen LogP contribution in [0.3, 0.4) is 0 Å². The van der Waals surface area contributed by atoms with Crippen LogP contribution in [0, 0.1) is 0 Å². The maximum Gasteiger partial charge on any atom is 0.472 e. The molecule has 0 saturated heterocycles. The maximum atomic E-state index is 12.8. The molecule has 8 atom stereocenters. The van der Waals surface area contributed by atoms with E-state index in [1.54, 1.807) is 0 Å². The Bertz CT molecular complexity index is 1300. The number of aliphatic hydroxyl groups excluding tert-OH is 5. The topological polar surface area (TPSA) is 210 Å². The maximum absolute atomic E-state index is 12.8. The van der Waals surface area contributed by atoms with Crippen LogP contribution in [-0.2, 0) is 32.7 Å². The summed E-state index contributed by atoms with van der Waals surface area (Å²) in [5, 5.41) is 50.1. The number of phosphoric acid groups is 1. The van der Waals surface area contributed by atoms with Crippen LogP contribution < -0.4 is 0 Å². The van der Waals surface area contributed by atoms with Crippen LogP contribution in [0.25, 0.3) is 0 Å². The third kappa shape index (κ3) is 29.5. The van der Waals surface area contributed by atoms with Gasteiger partial charge in [-0.05, 0) is 51.4 Å². The number of allylic oxidation sites excluding steroid dienone is 10. The van der Waals surface area contributed by atoms with Crippen LogP contribution >= 0.6 is 7.82 Å². The molecule has 0 aromatic rings. The molecule has 61 heavy (non-hydrogen) atoms. The zero-order chi connectivity index (χ0) is 45.0. The predicted molar refractivity (Wildman–Crippen MR) is 239 cm³/mol. The van der Waals surface area contributed by atoms with Gasteiger partial charge in [0.1, 0.15) is 43.2 Å². The van der Waals surface area contributed by atoms with Crippen LogP contribution in [0.2, 0.25) is 0 Å². The highest BCUT2D eigenvalue weighted by molar-refractivity contribution is 7.47. The summed E-state index contributed by atoms with van der Waals surface area (Å²) >= 11 is 0. The van der Waals surface area contributed by atoms with Gasteiger partial charge in [0, 0.05) is 12.8 Å². The minimum Gasteiger partial charge on any atom is -0.462 e. The van der Waals surface area contributed by atoms with Gasteiger partial charge < -0.3 is 39.9 Å². The average Bonchev–Trinajstić information content (AvgIpc) is 3.24. The fraction of sp³-hybridized carbons (Fsp3) is 0.745. The van der Waals surface area contributed by atoms with Gasteiger partial charge in [-0.2, -0.15) is 0 Å². The molecule has 0 heterocycles. The van der Waals surface area contributed by atoms with Crippen LogP contribution in [0.1, 0.15) is 168 Å². The lowest BCUT2D eigenvalue weighted by Gasteiger charge is -2.41. The SMILES string of the molecule is CC/C=C\C/C=C\C/C=C\C/C=C\C/C=C\CCCC(=O)O[C@H](COC(=O)CCCCCCCCCCCCCCCCC)COP(=O)(O)OC1[C@H](O)[C@H](O)C(O)[C@H](O)[C@H]1O. The highest BCUT2D eigenvalue weighted by Crippen LogP contribution is 2.47. The molecular weight excluding hydrogens is 803 g/mol. The van der Waals surface area contributed by atoms with Crippen molar-refractivity contribution in [1.29, 1.82) is 0 Å². The average molecular weight is 885 g/mol. The molecular formula is C47H81O13P. The third-order valence-corrected chi connectivity index (χ3v) is 11.4. The lowest BCUT2D eigenvalue weighted by molar-refractivity contribution is -0.220. The molecule has 0 amide bonds. The van der Waals surface area contributed by atoms with Gasteiger partial charge in [0.25, 0.3) is 0 Å². The molecule has 0 aromatic carbocycles. The summed E-state index contributed by atoms with van der Waals surface area (Å²) < 4.78 is 33.5. The summed E-state index contributed by atoms with van der Waals surface area (Å²) in [6, 6.07) is 0. The smallest absolute Gasteiger partial charge is 0.462 e. The molecule has 13 nitrogen and oxygen atoms in total. The number of carbonyl (C=O) groups is 2. The second kappa shape index (κ2) is 37.0. The molecule has 1 saturated carbocycles. The Morgan fingerprint density at radius 3 is 1.41 bits per heavy atom. The lowest BCUT2D eigenvalue weighted by Crippen LogP contribution is -2.64. The zero-order valence-corrected chi connectivity index (χ0v) is 38.1. The van der Waals surface area contributed by atoms with Crippen molar-refractivity contribution in [3.8, 4) is 0 Å². The number of carbonyl (C=O) groups excluding carboxylic acids is 2. The molecule has 1 fully saturated rings. The summed E-state index contributed by atoms with van der Waals surface area (Å²) in [7, 11) is -5.13. The van der Waals surface area contributed by atoms with E-state index in [4.69, 9.17) is 18.5 Å². The highest BCUT2D eigenvalue weighted by atomic mass is 31.2. The number of aliphatic hydroxyl groups is 5. The van der Waals surface area contributed by atoms with Crippen molar-refractivity contribution < 1.29 is 63.1 Å². The van der Waals surface area contributed by atoms with Gasteiger partial charge in [-0.15, -0.1) is 0 Å². The fourth-order valence-corrected chi connectivity index (χ4v) is 7.65. The van der Waals surface area contributed by atoms with Gasteiger partial charge in [0.05, 0.1) is 6.61 Å². The molecule has 0 spiro atoms. The summed E-state index contributed by atoms with van der Waals surface area (Å²) in [6.07, 6.45) is 31.4. The molecule has 1 aliphatic carbocycles. The predicted octanol–water partition coefficient (Wildman–Crippen LogP) is 8.94. The van der Waals surface area contributed by atoms with Gasteiger partial charge in [-0.25, -0.2) is 4.57 Å². The van der Waals surface area contributed by atoms with Crippen molar-refractivity contribution in [2.75, 3.05) is 13.2 Å². The highest BCUT2D eigenvalue weighted by Gasteiger charge is 2.51. The molecule has 14 heteroatoms. The largest absolute Gasteiger partial charge is 0.472 e. The standard InChI is InChI=1S/C47H81O13P/c1-3-5-7-9-11-13-15-17-19-20-22-24-26-28-30-32-34-36-41(49)59-39(38-58-61(55,56)60-47-45(53)43(51)42(50)44(52)46(47)54)37-57-40(48)35-33-31-29-27-25-23-21-18-16-14-12-10-8-6-4-2/h5,7,11,13,17,19,22,24,28,30,39,42-47,50-54H,3-4,6,8-10,12,14-16,18,20-21,23,25-27,29,31-38H2,1-2H3,(H,55,56)/b7-5-,13-11-,19-17-,24-22-,30-28-/t39-,42?,43-,44+,45-,46-,47?/m1/s1. The first-order chi connectivity index (χ1) is 29.4. The molecule has 0 bridgehead atoms. The van der Waals surface area contributed by atoms with Crippen LogP contribution in [0.5, 0.6) is 0 Å². The van der Waals surface area contributed by atoms with Crippen molar-refractivity contribution in [2.45, 2.75) is 211 Å². The van der Waals surface area contributed by atoms with E-state index in [0.29, 0.717) is 19.3 Å². The van der Waals surface area contributed by atoms with Crippen LogP contribution in [0.4, 0.5) is 0 Å². The van der Waals surface area contributed by atoms with E-state index in [9.17, 15) is 44.6 Å². The van der Waals surface area contributed by atoms with Crippen LogP contribution in [-0.4, -0.2) is 98.3 Å². The van der Waals surface area contributed by atoms with Crippen molar-refractivity contribution >= 4 is 19.8 Å². The number of esters is 2. The normalized spacial score (nSPS) is 22.6. The number of rotatable bonds is 37. The first-order valence-corrected chi connectivity index (χ1v) is 24.6. The number of phosphoric ester groups is 1. The first-order valence-electron chi connectivity index (χ1n) is 23.1. The minimum atomic E-state index is -5.13. The summed E-state index contributed by atoms with van der Waals surface area (Å²) in [5.41, 5.74) is 0. The molecule has 0 radical (unpaired) electrons. The van der Waals surface area contributed by atoms with E-state index >= 15 is 0 Å². The Morgan fingerprint density at radius 1 is 0.525 bits per heavy atom. The molecule has 352 valence electrons. The van der Waals surface area contributed by atoms with Gasteiger partial charge in [0.15, 0.2) is 6.10 Å². The molecule has 1 aliphatic rings. The van der Waals surface area contributed by atoms with E-state index in [1.165, 1.54) is 70.6 Å². The minimum absolute atomic E-state index is 0.0176. The number of ether oxygens (including phenoxy) is 2. The fourth-order valence-electron chi connectivity index (χ4n) is 6.68. The van der Waals surface area contributed by atoms with E-state index in [1.807, 2.05) is 12.2 Å². The van der Waals surface area contributed by atoms with E-state index in [2.05, 4.69) is 62.5 Å². The zero-order valence-electron chi connectivity index (χ0n) is 37.2. The van der Waals surface area contributed by atoms with E-state index < -0.39 is 75.7 Å². The van der Waals surface area contributed by atoms with Gasteiger partial charge >= 0.3 is 19.8 Å². The Morgan fingerprint density at radius 2 is 0.934 bits per heavy atom. The first kappa shape index (κ1) is 56.6. The van der Waals surface area contributed by atoms with Crippen LogP contribution in [0.15, 0.2) is 60.8 Å². The Hall–Kier alpha value is -2.45. The molecule has 1 rings (SSSR count). The summed E-state index contributed by atoms with van der Waals surface area (Å²) in [5.74, 6) is -1.17. The lowest BCUT2D eigenvalue weighted by atomic mass is 9.85. The monoisotopic (exact) mass is 885 g/mol. The Kier molecular flexibility index (Phi) is 34.3. The molecule has 0 aromatic heterocycles. The van der Waals surface area contributed by atoms with Crippen molar-refractivity contribution in [2.24, 2.45) is 0 Å². The summed E-state index contributed by atoms with van der Waals surface area (Å²) in [4.78, 5) is 35.7. The molecule has 6 N–H and O–H groups in total. The second-order valence-electron chi connectivity index (χ2n) is 15.9. The Labute approximate surface area is 366 Å². The summed E-state index contributed by atoms with van der Waals surface area (Å²) in [6.45, 7) is 3.14. The number of hydrogen-bond donors (Lipinski definition) is 6. The van der Waals surface area contributed by atoms with Gasteiger partial charge in [-0.3, -0.25) is 18.6 Å². The van der Waals surface area contributed by atoms with Crippen molar-refractivity contribution in [3.63, 3.8) is 0 Å². The molecule has 3 unspecified atom stereocenters. The van der Waals surface area contributed by atoms with E-state index in [-0.39, 0.29) is 12.8 Å². The van der Waals surface area contributed by atoms with Gasteiger partial charge in [0.2, 0.25) is 0 Å². The second-order valence-corrected chi connectivity index (χ2v) is 17.3. The quantitative estimate of drug-likeness (QED) is 0.0149. The van der Waals surface area contributed by atoms with Crippen molar-refractivity contribution in [3.05, 3.63) is 60.8 Å².